The van der Waals surface area contributed by atoms with Gasteiger partial charge in [-0.05, 0) is 33.0 Å². The van der Waals surface area contributed by atoms with Crippen molar-refractivity contribution in [2.45, 2.75) is 25.3 Å². The van der Waals surface area contributed by atoms with Crippen LogP contribution in [0.3, 0.4) is 0 Å². The molecule has 1 fully saturated rings. The summed E-state index contributed by atoms with van der Waals surface area (Å²) in [5.74, 6) is 0.794. The van der Waals surface area contributed by atoms with Gasteiger partial charge in [-0.3, -0.25) is 0 Å². The van der Waals surface area contributed by atoms with Gasteiger partial charge in [-0.15, -0.1) is 11.6 Å². The first kappa shape index (κ1) is 13.6. The van der Waals surface area contributed by atoms with E-state index in [1.54, 1.807) is 0 Å². The summed E-state index contributed by atoms with van der Waals surface area (Å²) in [6.45, 7) is 5.18. The minimum absolute atomic E-state index is 0.291. The van der Waals surface area contributed by atoms with Crippen LogP contribution in [-0.2, 0) is 5.88 Å². The average molecular weight is 272 g/mol. The van der Waals surface area contributed by atoms with Crippen LogP contribution in [0, 0.1) is 5.82 Å². The predicted molar refractivity (Wildman–Crippen MR) is 72.7 cm³/mol. The normalized spacial score (nSPS) is 22.0. The summed E-state index contributed by atoms with van der Waals surface area (Å²) >= 11 is 5.90. The standard InChI is InChI=1S/C13H19ClFN3/c1-10-9-17(2)4-3-5-18(10)13-11(7-14)6-12(15)8-16-13/h6,8,10H,3-5,7,9H2,1-2H3. The number of anilines is 1. The minimum Gasteiger partial charge on any atom is -0.352 e. The number of pyridine rings is 1. The van der Waals surface area contributed by atoms with Gasteiger partial charge in [0.1, 0.15) is 11.6 Å². The van der Waals surface area contributed by atoms with E-state index in [1.165, 1.54) is 12.3 Å². The Hall–Kier alpha value is -0.870. The van der Waals surface area contributed by atoms with Gasteiger partial charge >= 0.3 is 0 Å². The van der Waals surface area contributed by atoms with Crippen molar-refractivity contribution < 1.29 is 4.39 Å². The van der Waals surface area contributed by atoms with E-state index in [1.807, 2.05) is 0 Å². The molecule has 1 atom stereocenters. The lowest BCUT2D eigenvalue weighted by atomic mass is 10.2. The number of likely N-dealkylation sites (N-methyl/N-ethyl adjacent to an activating group) is 1. The topological polar surface area (TPSA) is 19.4 Å². The lowest BCUT2D eigenvalue weighted by Gasteiger charge is -2.30. The highest BCUT2D eigenvalue weighted by Crippen LogP contribution is 2.24. The van der Waals surface area contributed by atoms with Gasteiger partial charge in [-0.1, -0.05) is 0 Å². The van der Waals surface area contributed by atoms with Gasteiger partial charge in [0.2, 0.25) is 0 Å². The Kier molecular flexibility index (Phi) is 4.40. The lowest BCUT2D eigenvalue weighted by molar-refractivity contribution is 0.337. The number of hydrogen-bond acceptors (Lipinski definition) is 3. The summed E-state index contributed by atoms with van der Waals surface area (Å²) in [5.41, 5.74) is 0.771. The second-order valence-electron chi connectivity index (χ2n) is 4.93. The Morgan fingerprint density at radius 3 is 3.00 bits per heavy atom. The molecule has 18 heavy (non-hydrogen) atoms. The number of halogens is 2. The first-order valence-electron chi connectivity index (χ1n) is 6.27. The second-order valence-corrected chi connectivity index (χ2v) is 5.20. The highest BCUT2D eigenvalue weighted by molar-refractivity contribution is 6.17. The molecule has 0 N–H and O–H groups in total. The molecular weight excluding hydrogens is 253 g/mol. The number of rotatable bonds is 2. The van der Waals surface area contributed by atoms with Crippen LogP contribution in [-0.4, -0.2) is 42.6 Å². The maximum Gasteiger partial charge on any atom is 0.141 e. The van der Waals surface area contributed by atoms with Gasteiger partial charge in [0.15, 0.2) is 0 Å². The van der Waals surface area contributed by atoms with Crippen LogP contribution < -0.4 is 4.90 Å². The molecule has 1 unspecified atom stereocenters. The Morgan fingerprint density at radius 1 is 1.50 bits per heavy atom. The molecule has 1 aromatic rings. The number of nitrogens with zero attached hydrogens (tertiary/aromatic N) is 3. The van der Waals surface area contributed by atoms with Gasteiger partial charge in [-0.25, -0.2) is 9.37 Å². The molecule has 1 saturated heterocycles. The average Bonchev–Trinajstić information content (AvgIpc) is 2.50. The molecule has 0 aromatic carbocycles. The highest BCUT2D eigenvalue weighted by atomic mass is 35.5. The summed E-state index contributed by atoms with van der Waals surface area (Å²) in [5, 5.41) is 0. The van der Waals surface area contributed by atoms with E-state index in [0.717, 1.165) is 37.4 Å². The van der Waals surface area contributed by atoms with E-state index in [-0.39, 0.29) is 5.82 Å². The Bertz CT molecular complexity index is 413. The Balaban J connectivity index is 2.29. The van der Waals surface area contributed by atoms with Crippen LogP contribution in [0.5, 0.6) is 0 Å². The zero-order chi connectivity index (χ0) is 13.1. The van der Waals surface area contributed by atoms with E-state index in [4.69, 9.17) is 11.6 Å². The molecule has 0 saturated carbocycles. The monoisotopic (exact) mass is 271 g/mol. The number of alkyl halides is 1. The summed E-state index contributed by atoms with van der Waals surface area (Å²) < 4.78 is 13.2. The van der Waals surface area contributed by atoms with Crippen molar-refractivity contribution in [3.8, 4) is 0 Å². The molecule has 0 aliphatic carbocycles. The van der Waals surface area contributed by atoms with Crippen LogP contribution in [0.4, 0.5) is 10.2 Å². The van der Waals surface area contributed by atoms with Crippen LogP contribution in [0.25, 0.3) is 0 Å². The zero-order valence-electron chi connectivity index (χ0n) is 10.9. The Labute approximate surface area is 113 Å². The highest BCUT2D eigenvalue weighted by Gasteiger charge is 2.22. The van der Waals surface area contributed by atoms with Crippen molar-refractivity contribution in [1.82, 2.24) is 9.88 Å². The van der Waals surface area contributed by atoms with Gasteiger partial charge in [0.25, 0.3) is 0 Å². The first-order valence-corrected chi connectivity index (χ1v) is 6.81. The molecule has 0 radical (unpaired) electrons. The molecule has 0 spiro atoms. The lowest BCUT2D eigenvalue weighted by Crippen LogP contribution is -2.39. The molecule has 2 heterocycles. The van der Waals surface area contributed by atoms with Crippen LogP contribution in [0.15, 0.2) is 12.3 Å². The van der Waals surface area contributed by atoms with Crippen LogP contribution >= 0.6 is 11.6 Å². The van der Waals surface area contributed by atoms with Gasteiger partial charge in [0.05, 0.1) is 12.1 Å². The summed E-state index contributed by atoms with van der Waals surface area (Å²) in [4.78, 5) is 8.79. The molecule has 0 amide bonds. The van der Waals surface area contributed by atoms with E-state index in [2.05, 4.69) is 28.8 Å². The third kappa shape index (κ3) is 2.93. The van der Waals surface area contributed by atoms with Crippen molar-refractivity contribution in [3.05, 3.63) is 23.6 Å². The van der Waals surface area contributed by atoms with Crippen molar-refractivity contribution in [3.63, 3.8) is 0 Å². The van der Waals surface area contributed by atoms with E-state index >= 15 is 0 Å². The van der Waals surface area contributed by atoms with E-state index < -0.39 is 0 Å². The third-order valence-corrected chi connectivity index (χ3v) is 3.66. The molecule has 0 bridgehead atoms. The van der Waals surface area contributed by atoms with Crippen molar-refractivity contribution in [2.24, 2.45) is 0 Å². The fraction of sp³-hybridized carbons (Fsp3) is 0.615. The molecular formula is C13H19ClFN3. The van der Waals surface area contributed by atoms with E-state index in [9.17, 15) is 4.39 Å². The zero-order valence-corrected chi connectivity index (χ0v) is 11.6. The van der Waals surface area contributed by atoms with Crippen molar-refractivity contribution >= 4 is 17.4 Å². The third-order valence-electron chi connectivity index (χ3n) is 3.37. The van der Waals surface area contributed by atoms with Crippen molar-refractivity contribution in [2.75, 3.05) is 31.6 Å². The maximum absolute atomic E-state index is 13.2. The second kappa shape index (κ2) is 5.85. The predicted octanol–water partition coefficient (Wildman–Crippen LogP) is 2.49. The van der Waals surface area contributed by atoms with Gasteiger partial charge < -0.3 is 9.80 Å². The summed E-state index contributed by atoms with van der Waals surface area (Å²) in [7, 11) is 2.13. The molecule has 5 heteroatoms. The largest absolute Gasteiger partial charge is 0.352 e. The van der Waals surface area contributed by atoms with Gasteiger partial charge in [0, 0.05) is 24.7 Å². The summed E-state index contributed by atoms with van der Waals surface area (Å²) in [6.07, 6.45) is 2.36. The van der Waals surface area contributed by atoms with Crippen molar-refractivity contribution in [1.29, 1.82) is 0 Å². The Morgan fingerprint density at radius 2 is 2.28 bits per heavy atom. The summed E-state index contributed by atoms with van der Waals surface area (Å²) in [6, 6.07) is 1.84. The van der Waals surface area contributed by atoms with Crippen LogP contribution in [0.1, 0.15) is 18.9 Å². The molecule has 2 rings (SSSR count). The fourth-order valence-corrected chi connectivity index (χ4v) is 2.71. The maximum atomic E-state index is 13.2. The molecule has 3 nitrogen and oxygen atoms in total. The first-order chi connectivity index (χ1) is 8.61. The van der Waals surface area contributed by atoms with E-state index in [0.29, 0.717) is 11.9 Å². The fourth-order valence-electron chi connectivity index (χ4n) is 2.52. The minimum atomic E-state index is -0.325. The molecule has 1 aliphatic heterocycles. The quantitative estimate of drug-likeness (QED) is 0.771. The molecule has 1 aliphatic rings. The van der Waals surface area contributed by atoms with Crippen LogP contribution in [0.2, 0.25) is 0 Å². The molecule has 1 aromatic heterocycles. The number of aromatic nitrogens is 1. The number of hydrogen-bond donors (Lipinski definition) is 0. The smallest absolute Gasteiger partial charge is 0.141 e. The SMILES string of the molecule is CC1CN(C)CCCN1c1ncc(F)cc1CCl. The van der Waals surface area contributed by atoms with Gasteiger partial charge in [-0.2, -0.15) is 0 Å². The molecule has 100 valence electrons.